The Morgan fingerprint density at radius 1 is 1.24 bits per heavy atom. The van der Waals surface area contributed by atoms with Crippen LogP contribution in [-0.4, -0.2) is 64.2 Å². The summed E-state index contributed by atoms with van der Waals surface area (Å²) in [5.41, 5.74) is 3.20. The minimum absolute atomic E-state index is 0.227. The Balaban J connectivity index is 1.77. The Kier molecular flexibility index (Phi) is 3.98. The number of nitrogens with one attached hydrogen (secondary N) is 2. The van der Waals surface area contributed by atoms with Gasteiger partial charge in [-0.05, 0) is 12.1 Å². The van der Waals surface area contributed by atoms with Gasteiger partial charge in [0.1, 0.15) is 16.9 Å². The zero-order valence-corrected chi connectivity index (χ0v) is 13.7. The summed E-state index contributed by atoms with van der Waals surface area (Å²) in [5, 5.41) is 2.56. The molecule has 1 aliphatic rings. The highest BCUT2D eigenvalue weighted by molar-refractivity contribution is 5.93. The molecule has 0 aliphatic carbocycles. The van der Waals surface area contributed by atoms with Crippen LogP contribution in [0.4, 0.5) is 5.95 Å². The highest BCUT2D eigenvalue weighted by Gasteiger charge is 2.19. The molecule has 4 rings (SSSR count). The molecule has 9 nitrogen and oxygen atoms in total. The highest BCUT2D eigenvalue weighted by atomic mass is 16.5. The second-order valence-electron chi connectivity index (χ2n) is 5.58. The minimum Gasteiger partial charge on any atom is -0.378 e. The fourth-order valence-corrected chi connectivity index (χ4v) is 2.73. The van der Waals surface area contributed by atoms with E-state index in [0.29, 0.717) is 36.2 Å². The molecule has 2 N–H and O–H groups in total. The summed E-state index contributed by atoms with van der Waals surface area (Å²) >= 11 is 0. The van der Waals surface area contributed by atoms with Crippen molar-refractivity contribution in [1.29, 1.82) is 0 Å². The number of rotatable bonds is 3. The van der Waals surface area contributed by atoms with Crippen molar-refractivity contribution in [3.05, 3.63) is 30.4 Å². The topological polar surface area (TPSA) is 109 Å². The monoisotopic (exact) mass is 339 g/mol. The Labute approximate surface area is 143 Å². The maximum atomic E-state index is 11.7. The van der Waals surface area contributed by atoms with Crippen LogP contribution in [0.5, 0.6) is 0 Å². The van der Waals surface area contributed by atoms with E-state index in [2.05, 4.69) is 30.2 Å². The standard InChI is InChI=1S/C16H17N7O2/c1-17-15(24)11-3-2-10(8-18-11)12-13-14(20-9-19-13)22-16(21-12)23-4-6-25-7-5-23/h2-3,8-9H,4-7H2,1H3,(H,17,24)(H,19,20,21,22). The maximum Gasteiger partial charge on any atom is 0.269 e. The van der Waals surface area contributed by atoms with Crippen LogP contribution in [-0.2, 0) is 4.74 Å². The van der Waals surface area contributed by atoms with Gasteiger partial charge in [-0.25, -0.2) is 9.97 Å². The van der Waals surface area contributed by atoms with Crippen LogP contribution in [0.1, 0.15) is 10.5 Å². The van der Waals surface area contributed by atoms with Crippen molar-refractivity contribution < 1.29 is 9.53 Å². The molecule has 3 aromatic heterocycles. The summed E-state index contributed by atoms with van der Waals surface area (Å²) in [6.45, 7) is 2.78. The number of amides is 1. The van der Waals surface area contributed by atoms with Gasteiger partial charge >= 0.3 is 0 Å². The smallest absolute Gasteiger partial charge is 0.269 e. The summed E-state index contributed by atoms with van der Waals surface area (Å²) in [6, 6.07) is 3.50. The number of nitrogens with zero attached hydrogens (tertiary/aromatic N) is 5. The van der Waals surface area contributed by atoms with E-state index in [-0.39, 0.29) is 5.91 Å². The van der Waals surface area contributed by atoms with E-state index in [1.807, 2.05) is 6.07 Å². The van der Waals surface area contributed by atoms with E-state index in [4.69, 9.17) is 9.72 Å². The van der Waals surface area contributed by atoms with Crippen molar-refractivity contribution >= 4 is 23.0 Å². The number of hydrogen-bond acceptors (Lipinski definition) is 7. The number of aromatic nitrogens is 5. The SMILES string of the molecule is CNC(=O)c1ccc(-c2nc(N3CCOCC3)nc3nc[nH]c23)cn1. The number of carbonyl (C=O) groups excluding carboxylic acids is 1. The van der Waals surface area contributed by atoms with E-state index in [1.165, 1.54) is 0 Å². The number of fused-ring (bicyclic) bond motifs is 1. The first-order valence-corrected chi connectivity index (χ1v) is 7.98. The average molecular weight is 339 g/mol. The molecular formula is C16H17N7O2. The number of H-pyrrole nitrogens is 1. The van der Waals surface area contributed by atoms with Crippen molar-refractivity contribution in [3.63, 3.8) is 0 Å². The van der Waals surface area contributed by atoms with Crippen LogP contribution in [0.3, 0.4) is 0 Å². The van der Waals surface area contributed by atoms with Crippen molar-refractivity contribution in [1.82, 2.24) is 30.2 Å². The number of hydrogen-bond donors (Lipinski definition) is 2. The molecular weight excluding hydrogens is 322 g/mol. The lowest BCUT2D eigenvalue weighted by Gasteiger charge is -2.26. The number of morpholine rings is 1. The fraction of sp³-hybridized carbons (Fsp3) is 0.312. The van der Waals surface area contributed by atoms with Gasteiger partial charge in [-0.1, -0.05) is 0 Å². The van der Waals surface area contributed by atoms with Crippen LogP contribution in [0, 0.1) is 0 Å². The molecule has 1 aliphatic heterocycles. The third-order valence-electron chi connectivity index (χ3n) is 4.06. The van der Waals surface area contributed by atoms with Crippen LogP contribution in [0.15, 0.2) is 24.7 Å². The van der Waals surface area contributed by atoms with E-state index >= 15 is 0 Å². The molecule has 0 atom stereocenters. The van der Waals surface area contributed by atoms with Crippen molar-refractivity contribution in [2.45, 2.75) is 0 Å². The molecule has 0 aromatic carbocycles. The Bertz CT molecular complexity index is 900. The molecule has 0 bridgehead atoms. The molecule has 25 heavy (non-hydrogen) atoms. The molecule has 9 heteroatoms. The average Bonchev–Trinajstić information content (AvgIpc) is 3.16. The van der Waals surface area contributed by atoms with Crippen LogP contribution in [0.25, 0.3) is 22.4 Å². The van der Waals surface area contributed by atoms with Gasteiger partial charge in [-0.2, -0.15) is 4.98 Å². The molecule has 1 fully saturated rings. The summed E-state index contributed by atoms with van der Waals surface area (Å²) < 4.78 is 5.39. The van der Waals surface area contributed by atoms with Crippen LogP contribution in [0.2, 0.25) is 0 Å². The summed E-state index contributed by atoms with van der Waals surface area (Å²) in [7, 11) is 1.57. The van der Waals surface area contributed by atoms with Crippen LogP contribution >= 0.6 is 0 Å². The lowest BCUT2D eigenvalue weighted by Crippen LogP contribution is -2.37. The lowest BCUT2D eigenvalue weighted by molar-refractivity contribution is 0.0958. The first kappa shape index (κ1) is 15.5. The number of ether oxygens (including phenoxy) is 1. The largest absolute Gasteiger partial charge is 0.378 e. The minimum atomic E-state index is -0.227. The second-order valence-corrected chi connectivity index (χ2v) is 5.58. The number of anilines is 1. The van der Waals surface area contributed by atoms with Crippen molar-refractivity contribution in [2.24, 2.45) is 0 Å². The Morgan fingerprint density at radius 3 is 2.80 bits per heavy atom. The van der Waals surface area contributed by atoms with Crippen molar-refractivity contribution in [3.8, 4) is 11.3 Å². The van der Waals surface area contributed by atoms with Gasteiger partial charge < -0.3 is 19.9 Å². The second kappa shape index (κ2) is 6.44. The van der Waals surface area contributed by atoms with E-state index < -0.39 is 0 Å². The lowest BCUT2D eigenvalue weighted by atomic mass is 10.1. The third-order valence-corrected chi connectivity index (χ3v) is 4.06. The molecule has 128 valence electrons. The molecule has 1 amide bonds. The van der Waals surface area contributed by atoms with Gasteiger partial charge in [0.25, 0.3) is 5.91 Å². The van der Waals surface area contributed by atoms with E-state index in [9.17, 15) is 4.79 Å². The number of aromatic amines is 1. The number of pyridine rings is 1. The number of imidazole rings is 1. The van der Waals surface area contributed by atoms with Crippen LogP contribution < -0.4 is 10.2 Å². The van der Waals surface area contributed by atoms with E-state index in [1.54, 1.807) is 25.6 Å². The maximum absolute atomic E-state index is 11.7. The number of carbonyl (C=O) groups is 1. The zero-order chi connectivity index (χ0) is 17.2. The van der Waals surface area contributed by atoms with Gasteiger partial charge in [-0.3, -0.25) is 9.78 Å². The van der Waals surface area contributed by atoms with Gasteiger partial charge in [0.15, 0.2) is 5.65 Å². The van der Waals surface area contributed by atoms with Gasteiger partial charge in [0.05, 0.1) is 19.5 Å². The Hall–Kier alpha value is -3.07. The molecule has 3 aromatic rings. The molecule has 0 saturated carbocycles. The van der Waals surface area contributed by atoms with Gasteiger partial charge in [0, 0.05) is 31.9 Å². The van der Waals surface area contributed by atoms with Gasteiger partial charge in [0.2, 0.25) is 5.95 Å². The highest BCUT2D eigenvalue weighted by Crippen LogP contribution is 2.26. The first-order chi connectivity index (χ1) is 12.3. The van der Waals surface area contributed by atoms with Gasteiger partial charge in [-0.15, -0.1) is 0 Å². The predicted octanol–water partition coefficient (Wildman–Crippen LogP) is 0.611. The zero-order valence-electron chi connectivity index (χ0n) is 13.7. The van der Waals surface area contributed by atoms with E-state index in [0.717, 1.165) is 24.2 Å². The molecule has 1 saturated heterocycles. The third kappa shape index (κ3) is 2.89. The van der Waals surface area contributed by atoms with Crippen molar-refractivity contribution in [2.75, 3.05) is 38.3 Å². The molecule has 0 unspecified atom stereocenters. The molecule has 4 heterocycles. The predicted molar refractivity (Wildman–Crippen MR) is 91.3 cm³/mol. The fourth-order valence-electron chi connectivity index (χ4n) is 2.73. The summed E-state index contributed by atoms with van der Waals surface area (Å²) in [6.07, 6.45) is 3.23. The quantitative estimate of drug-likeness (QED) is 0.719. The summed E-state index contributed by atoms with van der Waals surface area (Å²) in [4.78, 5) is 34.5. The molecule has 0 spiro atoms. The Morgan fingerprint density at radius 2 is 2.08 bits per heavy atom. The first-order valence-electron chi connectivity index (χ1n) is 7.98. The molecule has 0 radical (unpaired) electrons. The normalized spacial score (nSPS) is 14.7. The summed E-state index contributed by atoms with van der Waals surface area (Å²) in [5.74, 6) is 0.392.